The van der Waals surface area contributed by atoms with Crippen LogP contribution in [0.4, 0.5) is 11.5 Å². The second kappa shape index (κ2) is 3.79. The van der Waals surface area contributed by atoms with Gasteiger partial charge in [0.2, 0.25) is 0 Å². The Morgan fingerprint density at radius 3 is 2.71 bits per heavy atom. The van der Waals surface area contributed by atoms with E-state index in [1.807, 2.05) is 25.8 Å². The highest BCUT2D eigenvalue weighted by Gasteiger charge is 2.24. The molecule has 0 amide bonds. The van der Waals surface area contributed by atoms with Gasteiger partial charge in [0.05, 0.1) is 24.0 Å². The molecule has 5 heteroatoms. The van der Waals surface area contributed by atoms with Gasteiger partial charge in [0.1, 0.15) is 6.33 Å². The fourth-order valence-electron chi connectivity index (χ4n) is 1.01. The number of nitrogens with two attached hydrogens (primary N) is 1. The Hall–Kier alpha value is -1.36. The summed E-state index contributed by atoms with van der Waals surface area (Å²) in [6.07, 6.45) is 2.99. The van der Waals surface area contributed by atoms with Crippen molar-refractivity contribution in [2.24, 2.45) is 0 Å². The first-order chi connectivity index (χ1) is 6.49. The summed E-state index contributed by atoms with van der Waals surface area (Å²) in [7, 11) is 1.84. The largest absolute Gasteiger partial charge is 0.394 e. The molecule has 0 aliphatic heterocycles. The average Bonchev–Trinajstić information content (AvgIpc) is 2.17. The Kier molecular flexibility index (Phi) is 2.90. The molecule has 0 fully saturated rings. The number of hydrogen-bond acceptors (Lipinski definition) is 5. The maximum atomic E-state index is 9.19. The molecule has 0 saturated carbocycles. The highest BCUT2D eigenvalue weighted by molar-refractivity contribution is 5.61. The van der Waals surface area contributed by atoms with Gasteiger partial charge in [-0.05, 0) is 13.8 Å². The number of nitrogens with zero attached hydrogens (tertiary/aromatic N) is 3. The number of anilines is 2. The maximum Gasteiger partial charge on any atom is 0.155 e. The van der Waals surface area contributed by atoms with Crippen LogP contribution in [0.1, 0.15) is 13.8 Å². The van der Waals surface area contributed by atoms with Gasteiger partial charge in [-0.15, -0.1) is 0 Å². The Morgan fingerprint density at radius 2 is 2.21 bits per heavy atom. The molecule has 78 valence electrons. The summed E-state index contributed by atoms with van der Waals surface area (Å²) in [5.41, 5.74) is 5.85. The zero-order chi connectivity index (χ0) is 10.8. The highest BCUT2D eigenvalue weighted by atomic mass is 16.3. The summed E-state index contributed by atoms with van der Waals surface area (Å²) >= 11 is 0. The van der Waals surface area contributed by atoms with E-state index in [4.69, 9.17) is 5.73 Å². The van der Waals surface area contributed by atoms with Crippen LogP contribution in [-0.4, -0.2) is 34.3 Å². The molecule has 1 aromatic heterocycles. The summed E-state index contributed by atoms with van der Waals surface area (Å²) in [5, 5.41) is 9.19. The van der Waals surface area contributed by atoms with Gasteiger partial charge in [0, 0.05) is 7.05 Å². The fourth-order valence-corrected chi connectivity index (χ4v) is 1.01. The van der Waals surface area contributed by atoms with Gasteiger partial charge in [-0.1, -0.05) is 0 Å². The second-order valence-electron chi connectivity index (χ2n) is 3.83. The normalized spacial score (nSPS) is 11.4. The van der Waals surface area contributed by atoms with E-state index in [0.717, 1.165) is 0 Å². The molecule has 0 aromatic carbocycles. The van der Waals surface area contributed by atoms with Crippen LogP contribution in [0, 0.1) is 0 Å². The Balaban J connectivity index is 3.00. The van der Waals surface area contributed by atoms with Gasteiger partial charge in [-0.25, -0.2) is 9.97 Å². The van der Waals surface area contributed by atoms with Gasteiger partial charge in [0.25, 0.3) is 0 Å². The summed E-state index contributed by atoms with van der Waals surface area (Å²) < 4.78 is 0. The molecule has 0 radical (unpaired) electrons. The molecule has 14 heavy (non-hydrogen) atoms. The van der Waals surface area contributed by atoms with Gasteiger partial charge < -0.3 is 15.7 Å². The number of aliphatic hydroxyl groups is 1. The SMILES string of the molecule is CN(c1ncncc1N)C(C)(C)CO. The molecule has 1 aromatic rings. The van der Waals surface area contributed by atoms with Crippen LogP contribution in [0.2, 0.25) is 0 Å². The molecule has 0 bridgehead atoms. The van der Waals surface area contributed by atoms with Crippen LogP contribution in [0.15, 0.2) is 12.5 Å². The number of likely N-dealkylation sites (N-methyl/N-ethyl adjacent to an activating group) is 1. The van der Waals surface area contributed by atoms with Crippen molar-refractivity contribution in [3.05, 3.63) is 12.5 Å². The zero-order valence-corrected chi connectivity index (χ0v) is 8.73. The quantitative estimate of drug-likeness (QED) is 0.725. The Labute approximate surface area is 83.6 Å². The van der Waals surface area contributed by atoms with E-state index in [-0.39, 0.29) is 12.1 Å². The number of hydrogen-bond donors (Lipinski definition) is 2. The van der Waals surface area contributed by atoms with E-state index >= 15 is 0 Å². The molecule has 0 spiro atoms. The minimum Gasteiger partial charge on any atom is -0.394 e. The maximum absolute atomic E-state index is 9.19. The van der Waals surface area contributed by atoms with Crippen molar-refractivity contribution in [3.63, 3.8) is 0 Å². The van der Waals surface area contributed by atoms with E-state index in [1.54, 1.807) is 6.20 Å². The molecule has 0 saturated heterocycles. The monoisotopic (exact) mass is 196 g/mol. The molecule has 0 unspecified atom stereocenters. The van der Waals surface area contributed by atoms with Crippen LogP contribution in [0.3, 0.4) is 0 Å². The molecule has 1 heterocycles. The first-order valence-corrected chi connectivity index (χ1v) is 4.39. The molecule has 1 rings (SSSR count). The zero-order valence-electron chi connectivity index (χ0n) is 8.73. The summed E-state index contributed by atoms with van der Waals surface area (Å²) in [6, 6.07) is 0. The van der Waals surface area contributed by atoms with Gasteiger partial charge >= 0.3 is 0 Å². The van der Waals surface area contributed by atoms with Gasteiger partial charge in [-0.3, -0.25) is 0 Å². The van der Waals surface area contributed by atoms with Gasteiger partial charge in [0.15, 0.2) is 5.82 Å². The van der Waals surface area contributed by atoms with Gasteiger partial charge in [-0.2, -0.15) is 0 Å². The molecule has 0 atom stereocenters. The molecule has 3 N–H and O–H groups in total. The van der Waals surface area contributed by atoms with Crippen molar-refractivity contribution in [1.82, 2.24) is 9.97 Å². The smallest absolute Gasteiger partial charge is 0.155 e. The van der Waals surface area contributed by atoms with Crippen molar-refractivity contribution < 1.29 is 5.11 Å². The van der Waals surface area contributed by atoms with E-state index < -0.39 is 0 Å². The van der Waals surface area contributed by atoms with Crippen LogP contribution in [0.5, 0.6) is 0 Å². The molecular formula is C9H16N4O. The second-order valence-corrected chi connectivity index (χ2v) is 3.83. The van der Waals surface area contributed by atoms with Crippen LogP contribution in [-0.2, 0) is 0 Å². The summed E-state index contributed by atoms with van der Waals surface area (Å²) in [4.78, 5) is 9.72. The van der Waals surface area contributed by atoms with E-state index in [1.165, 1.54) is 6.33 Å². The molecule has 0 aliphatic carbocycles. The Bertz CT molecular complexity index is 313. The van der Waals surface area contributed by atoms with Crippen molar-refractivity contribution in [2.75, 3.05) is 24.3 Å². The summed E-state index contributed by atoms with van der Waals surface area (Å²) in [5.74, 6) is 0.638. The third-order valence-electron chi connectivity index (χ3n) is 2.33. The fraction of sp³-hybridized carbons (Fsp3) is 0.556. The number of aliphatic hydroxyl groups excluding tert-OH is 1. The average molecular weight is 196 g/mol. The standard InChI is InChI=1S/C9H16N4O/c1-9(2,5-14)13(3)8-7(10)4-11-6-12-8/h4,6,14H,5,10H2,1-3H3. The van der Waals surface area contributed by atoms with Crippen molar-refractivity contribution in [2.45, 2.75) is 19.4 Å². The summed E-state index contributed by atoms with van der Waals surface area (Å²) in [6.45, 7) is 3.86. The minimum atomic E-state index is -0.386. The van der Waals surface area contributed by atoms with E-state index in [0.29, 0.717) is 11.5 Å². The molecule has 5 nitrogen and oxygen atoms in total. The topological polar surface area (TPSA) is 75.3 Å². The van der Waals surface area contributed by atoms with Crippen molar-refractivity contribution >= 4 is 11.5 Å². The predicted molar refractivity (Wildman–Crippen MR) is 56.0 cm³/mol. The third-order valence-corrected chi connectivity index (χ3v) is 2.33. The van der Waals surface area contributed by atoms with E-state index in [2.05, 4.69) is 9.97 Å². The number of rotatable bonds is 3. The highest BCUT2D eigenvalue weighted by Crippen LogP contribution is 2.23. The lowest BCUT2D eigenvalue weighted by Gasteiger charge is -2.35. The Morgan fingerprint density at radius 1 is 1.57 bits per heavy atom. The van der Waals surface area contributed by atoms with Crippen LogP contribution in [0.25, 0.3) is 0 Å². The van der Waals surface area contributed by atoms with Crippen molar-refractivity contribution in [1.29, 1.82) is 0 Å². The lowest BCUT2D eigenvalue weighted by Crippen LogP contribution is -2.45. The first-order valence-electron chi connectivity index (χ1n) is 4.39. The number of aromatic nitrogens is 2. The van der Waals surface area contributed by atoms with Crippen LogP contribution >= 0.6 is 0 Å². The molecule has 0 aliphatic rings. The molecular weight excluding hydrogens is 180 g/mol. The predicted octanol–water partition coefficient (Wildman–Crippen LogP) is 0.266. The van der Waals surface area contributed by atoms with E-state index in [9.17, 15) is 5.11 Å². The lowest BCUT2D eigenvalue weighted by atomic mass is 10.1. The lowest BCUT2D eigenvalue weighted by molar-refractivity contribution is 0.215. The minimum absolute atomic E-state index is 0.0347. The third kappa shape index (κ3) is 1.93. The van der Waals surface area contributed by atoms with Crippen molar-refractivity contribution in [3.8, 4) is 0 Å². The number of nitrogen functional groups attached to an aromatic ring is 1. The van der Waals surface area contributed by atoms with Crippen LogP contribution < -0.4 is 10.6 Å². The first kappa shape index (κ1) is 10.7.